The molecule has 1 N–H and O–H groups in total. The summed E-state index contributed by atoms with van der Waals surface area (Å²) in [6.07, 6.45) is 0. The molecule has 0 fully saturated rings. The third-order valence-electron chi connectivity index (χ3n) is 4.07. The number of benzene rings is 1. The minimum atomic E-state index is -0.212. The van der Waals surface area contributed by atoms with E-state index in [1.165, 1.54) is 11.8 Å². The number of aromatic nitrogens is 4. The Hall–Kier alpha value is -2.86. The normalized spacial score (nSPS) is 11.5. The molecule has 0 atom stereocenters. The average Bonchev–Trinajstić information content (AvgIpc) is 3.06. The number of carbonyl (C=O) groups excluding carboxylic acids is 1. The van der Waals surface area contributed by atoms with Crippen LogP contribution in [0.3, 0.4) is 0 Å². The average molecular weight is 398 g/mol. The molecule has 0 aliphatic carbocycles. The van der Waals surface area contributed by atoms with Gasteiger partial charge in [0.25, 0.3) is 11.5 Å². The zero-order valence-electron chi connectivity index (χ0n) is 16.3. The van der Waals surface area contributed by atoms with Crippen LogP contribution in [-0.2, 0) is 6.54 Å². The van der Waals surface area contributed by atoms with Crippen molar-refractivity contribution in [2.75, 3.05) is 5.75 Å². The molecule has 9 heteroatoms. The van der Waals surface area contributed by atoms with E-state index in [1.807, 2.05) is 27.7 Å². The van der Waals surface area contributed by atoms with Gasteiger partial charge in [-0.25, -0.2) is 0 Å². The molecule has 1 aromatic carbocycles. The minimum Gasteiger partial charge on any atom is -0.350 e. The number of rotatable bonds is 6. The first-order valence-corrected chi connectivity index (χ1v) is 10.0. The van der Waals surface area contributed by atoms with Crippen molar-refractivity contribution in [3.05, 3.63) is 34.1 Å². The second kappa shape index (κ2) is 8.02. The predicted molar refractivity (Wildman–Crippen MR) is 109 cm³/mol. The van der Waals surface area contributed by atoms with Gasteiger partial charge in [-0.1, -0.05) is 25.6 Å². The standard InChI is InChI=1S/C19H22N6O2S/c1-11(2)10-24-17(27)14-6-5-13(16(26)21-12(3)4)9-15(14)25-18(24)22-23-19(25)28-8-7-20/h5-6,9,11-12H,8,10H2,1-4H3,(H,21,26). The number of hydrogen-bond acceptors (Lipinski definition) is 6. The highest BCUT2D eigenvalue weighted by molar-refractivity contribution is 7.99. The van der Waals surface area contributed by atoms with E-state index in [1.54, 1.807) is 27.2 Å². The Kier molecular flexibility index (Phi) is 5.70. The largest absolute Gasteiger partial charge is 0.350 e. The number of fused-ring (bicyclic) bond motifs is 3. The van der Waals surface area contributed by atoms with Crippen LogP contribution in [0.1, 0.15) is 38.1 Å². The van der Waals surface area contributed by atoms with Crippen molar-refractivity contribution in [3.63, 3.8) is 0 Å². The van der Waals surface area contributed by atoms with Crippen LogP contribution in [0.25, 0.3) is 16.7 Å². The molecule has 0 radical (unpaired) electrons. The van der Waals surface area contributed by atoms with Crippen molar-refractivity contribution >= 4 is 34.3 Å². The fourth-order valence-corrected chi connectivity index (χ4v) is 3.59. The van der Waals surface area contributed by atoms with Gasteiger partial charge in [0.1, 0.15) is 0 Å². The molecule has 0 saturated carbocycles. The number of nitrogens with zero attached hydrogens (tertiary/aromatic N) is 5. The molecular formula is C19H22N6O2S. The SMILES string of the molecule is CC(C)Cn1c(=O)c2ccc(C(=O)NC(C)C)cc2n2c(SCC#N)nnc12. The lowest BCUT2D eigenvalue weighted by atomic mass is 10.1. The summed E-state index contributed by atoms with van der Waals surface area (Å²) in [5.74, 6) is 0.643. The lowest BCUT2D eigenvalue weighted by Crippen LogP contribution is -2.30. The molecule has 1 amide bonds. The smallest absolute Gasteiger partial charge is 0.262 e. The molecule has 146 valence electrons. The van der Waals surface area contributed by atoms with Crippen molar-refractivity contribution in [3.8, 4) is 6.07 Å². The monoisotopic (exact) mass is 398 g/mol. The minimum absolute atomic E-state index is 0.00100. The lowest BCUT2D eigenvalue weighted by Gasteiger charge is -2.14. The second-order valence-electron chi connectivity index (χ2n) is 7.23. The number of nitriles is 1. The third-order valence-corrected chi connectivity index (χ3v) is 4.86. The highest BCUT2D eigenvalue weighted by Gasteiger charge is 2.19. The van der Waals surface area contributed by atoms with Gasteiger partial charge in [-0.15, -0.1) is 10.2 Å². The summed E-state index contributed by atoms with van der Waals surface area (Å²) in [4.78, 5) is 25.5. The molecule has 0 aliphatic rings. The third kappa shape index (κ3) is 3.73. The lowest BCUT2D eigenvalue weighted by molar-refractivity contribution is 0.0943. The molecule has 3 aromatic rings. The molecule has 2 aromatic heterocycles. The molecule has 28 heavy (non-hydrogen) atoms. The number of nitrogens with one attached hydrogen (secondary N) is 1. The summed E-state index contributed by atoms with van der Waals surface area (Å²) in [5, 5.41) is 21.2. The first-order chi connectivity index (χ1) is 13.3. The second-order valence-corrected chi connectivity index (χ2v) is 8.18. The number of hydrogen-bond donors (Lipinski definition) is 1. The van der Waals surface area contributed by atoms with Gasteiger partial charge in [-0.2, -0.15) is 5.26 Å². The van der Waals surface area contributed by atoms with E-state index in [0.29, 0.717) is 33.9 Å². The van der Waals surface area contributed by atoms with E-state index < -0.39 is 0 Å². The van der Waals surface area contributed by atoms with Crippen LogP contribution in [0.15, 0.2) is 28.2 Å². The Morgan fingerprint density at radius 1 is 1.29 bits per heavy atom. The van der Waals surface area contributed by atoms with Gasteiger partial charge in [-0.05, 0) is 38.0 Å². The number of carbonyl (C=O) groups is 1. The van der Waals surface area contributed by atoms with E-state index in [2.05, 4.69) is 21.6 Å². The first-order valence-electron chi connectivity index (χ1n) is 9.05. The van der Waals surface area contributed by atoms with Gasteiger partial charge < -0.3 is 5.32 Å². The fourth-order valence-electron chi connectivity index (χ4n) is 2.99. The van der Waals surface area contributed by atoms with Gasteiger partial charge >= 0.3 is 0 Å². The fraction of sp³-hybridized carbons (Fsp3) is 0.421. The van der Waals surface area contributed by atoms with E-state index in [-0.39, 0.29) is 29.2 Å². The molecule has 2 heterocycles. The van der Waals surface area contributed by atoms with Gasteiger partial charge in [0.05, 0.1) is 22.7 Å². The summed E-state index contributed by atoms with van der Waals surface area (Å²) in [7, 11) is 0. The Balaban J connectivity index is 2.31. The molecule has 8 nitrogen and oxygen atoms in total. The topological polar surface area (TPSA) is 105 Å². The van der Waals surface area contributed by atoms with Crippen LogP contribution < -0.4 is 10.9 Å². The molecule has 0 bridgehead atoms. The van der Waals surface area contributed by atoms with Crippen LogP contribution in [0.4, 0.5) is 0 Å². The summed E-state index contributed by atoms with van der Waals surface area (Å²) < 4.78 is 3.36. The van der Waals surface area contributed by atoms with Crippen LogP contribution >= 0.6 is 11.8 Å². The molecular weight excluding hydrogens is 376 g/mol. The van der Waals surface area contributed by atoms with Crippen LogP contribution in [0.5, 0.6) is 0 Å². The summed E-state index contributed by atoms with van der Waals surface area (Å²) in [5.41, 5.74) is 0.839. The van der Waals surface area contributed by atoms with Gasteiger partial charge in [0.2, 0.25) is 5.78 Å². The summed E-state index contributed by atoms with van der Waals surface area (Å²) >= 11 is 1.24. The van der Waals surface area contributed by atoms with Crippen molar-refractivity contribution in [1.29, 1.82) is 5.26 Å². The van der Waals surface area contributed by atoms with Crippen LogP contribution in [-0.4, -0.2) is 36.9 Å². The van der Waals surface area contributed by atoms with Crippen molar-refractivity contribution < 1.29 is 4.79 Å². The zero-order chi connectivity index (χ0) is 20.4. The van der Waals surface area contributed by atoms with Gasteiger partial charge in [0, 0.05) is 18.2 Å². The maximum absolute atomic E-state index is 13.1. The molecule has 3 rings (SSSR count). The van der Waals surface area contributed by atoms with Crippen molar-refractivity contribution in [2.45, 2.75) is 45.4 Å². The van der Waals surface area contributed by atoms with Gasteiger partial charge in [0.15, 0.2) is 5.16 Å². The van der Waals surface area contributed by atoms with Crippen LogP contribution in [0, 0.1) is 17.2 Å². The maximum Gasteiger partial charge on any atom is 0.262 e. The highest BCUT2D eigenvalue weighted by atomic mass is 32.2. The number of amides is 1. The zero-order valence-corrected chi connectivity index (χ0v) is 17.1. The van der Waals surface area contributed by atoms with E-state index >= 15 is 0 Å². The Bertz CT molecular complexity index is 1140. The van der Waals surface area contributed by atoms with Crippen molar-refractivity contribution in [2.24, 2.45) is 5.92 Å². The number of thioether (sulfide) groups is 1. The predicted octanol–water partition coefficient (Wildman–Crippen LogP) is 2.45. The quantitative estimate of drug-likeness (QED) is 0.640. The molecule has 0 spiro atoms. The summed E-state index contributed by atoms with van der Waals surface area (Å²) in [6, 6.07) is 7.08. The molecule has 0 unspecified atom stereocenters. The maximum atomic E-state index is 13.1. The highest BCUT2D eigenvalue weighted by Crippen LogP contribution is 2.22. The van der Waals surface area contributed by atoms with E-state index in [4.69, 9.17) is 5.26 Å². The molecule has 0 saturated heterocycles. The van der Waals surface area contributed by atoms with E-state index in [0.717, 1.165) is 0 Å². The van der Waals surface area contributed by atoms with Gasteiger partial charge in [-0.3, -0.25) is 18.6 Å². The Labute approximate surface area is 166 Å². The van der Waals surface area contributed by atoms with Crippen LogP contribution in [0.2, 0.25) is 0 Å². The van der Waals surface area contributed by atoms with E-state index in [9.17, 15) is 9.59 Å². The first kappa shape index (κ1) is 19.9. The Morgan fingerprint density at radius 2 is 2.04 bits per heavy atom. The Morgan fingerprint density at radius 3 is 2.68 bits per heavy atom. The molecule has 0 aliphatic heterocycles. The summed E-state index contributed by atoms with van der Waals surface area (Å²) in [6.45, 7) is 8.31. The van der Waals surface area contributed by atoms with Crippen molar-refractivity contribution in [1.82, 2.24) is 24.5 Å².